The Labute approximate surface area is 250 Å². The summed E-state index contributed by atoms with van der Waals surface area (Å²) < 4.78 is 12.6. The molecule has 2 bridgehead atoms. The molecule has 0 aliphatic carbocycles. The average molecular weight is 581 g/mol. The molecule has 0 saturated carbocycles. The van der Waals surface area contributed by atoms with Crippen molar-refractivity contribution in [1.82, 2.24) is 9.80 Å². The molecule has 1 aromatic rings. The van der Waals surface area contributed by atoms with E-state index in [1.165, 1.54) is 0 Å². The van der Waals surface area contributed by atoms with Crippen LogP contribution in [0.4, 0.5) is 0 Å². The van der Waals surface area contributed by atoms with Crippen molar-refractivity contribution < 1.29 is 29.0 Å². The number of unbranched alkanes of at least 4 members (excludes halogenated alkanes) is 5. The molecule has 3 aliphatic heterocycles. The van der Waals surface area contributed by atoms with Crippen molar-refractivity contribution in [2.24, 2.45) is 11.8 Å². The lowest BCUT2D eigenvalue weighted by Gasteiger charge is -2.37. The topological polar surface area (TPSA) is 96.4 Å². The Morgan fingerprint density at radius 1 is 1.10 bits per heavy atom. The van der Waals surface area contributed by atoms with Gasteiger partial charge in [-0.15, -0.1) is 13.2 Å². The second kappa shape index (κ2) is 14.5. The number of amides is 2. The number of aliphatic hydroxyl groups is 1. The average Bonchev–Trinajstić information content (AvgIpc) is 3.60. The third-order valence-electron chi connectivity index (χ3n) is 9.40. The van der Waals surface area contributed by atoms with Crippen LogP contribution < -0.4 is 0 Å². The first kappa shape index (κ1) is 32.0. The first-order chi connectivity index (χ1) is 20.4. The summed E-state index contributed by atoms with van der Waals surface area (Å²) in [5, 5.41) is 9.19. The standard InChI is InChI=1S/C34H48N2O6/c1-4-7-8-16-24-41-32(40)28-27-30(38)36(22-14-9-10-15-23-37)29(34(27)20-19-33(28,6-3)42-34)31(39)35(21-5-2)25-26-17-12-11-13-18-26/h4-5,11-13,17-18,27-29,37H,1-2,6-10,14-16,19-25H2,3H3/t27-,28-,29?,33+,34?/m0/s1. The Kier molecular flexibility index (Phi) is 11.0. The summed E-state index contributed by atoms with van der Waals surface area (Å²) in [6.45, 7) is 11.2. The molecule has 1 spiro atoms. The fraction of sp³-hybridized carbons (Fsp3) is 0.618. The van der Waals surface area contributed by atoms with Gasteiger partial charge in [0.25, 0.3) is 0 Å². The molecule has 230 valence electrons. The molecular formula is C34H48N2O6. The molecule has 1 N–H and O–H groups in total. The fourth-order valence-corrected chi connectivity index (χ4v) is 7.36. The fourth-order valence-electron chi connectivity index (χ4n) is 7.36. The van der Waals surface area contributed by atoms with E-state index in [-0.39, 0.29) is 25.0 Å². The maximum absolute atomic E-state index is 14.5. The van der Waals surface area contributed by atoms with E-state index in [2.05, 4.69) is 13.2 Å². The van der Waals surface area contributed by atoms with Gasteiger partial charge in [0.1, 0.15) is 17.6 Å². The second-order valence-corrected chi connectivity index (χ2v) is 11.9. The number of rotatable bonds is 18. The van der Waals surface area contributed by atoms with Gasteiger partial charge in [-0.2, -0.15) is 0 Å². The molecule has 1 aromatic carbocycles. The van der Waals surface area contributed by atoms with Gasteiger partial charge in [-0.05, 0) is 56.9 Å². The maximum Gasteiger partial charge on any atom is 0.312 e. The molecule has 3 saturated heterocycles. The Morgan fingerprint density at radius 2 is 1.86 bits per heavy atom. The van der Waals surface area contributed by atoms with Crippen molar-refractivity contribution in [3.8, 4) is 0 Å². The lowest BCUT2D eigenvalue weighted by atomic mass is 9.65. The first-order valence-corrected chi connectivity index (χ1v) is 15.7. The van der Waals surface area contributed by atoms with E-state index in [4.69, 9.17) is 9.47 Å². The number of esters is 1. The van der Waals surface area contributed by atoms with E-state index < -0.39 is 35.0 Å². The summed E-state index contributed by atoms with van der Waals surface area (Å²) in [4.78, 5) is 46.0. The van der Waals surface area contributed by atoms with Gasteiger partial charge in [-0.25, -0.2) is 0 Å². The summed E-state index contributed by atoms with van der Waals surface area (Å²) in [5.74, 6) is -2.23. The Balaban J connectivity index is 1.65. The molecule has 3 aliphatic rings. The van der Waals surface area contributed by atoms with Crippen LogP contribution in [0.5, 0.6) is 0 Å². The van der Waals surface area contributed by atoms with Gasteiger partial charge >= 0.3 is 5.97 Å². The number of nitrogens with zero attached hydrogens (tertiary/aromatic N) is 2. The van der Waals surface area contributed by atoms with Crippen molar-refractivity contribution in [2.45, 2.75) is 94.9 Å². The number of hydrogen-bond acceptors (Lipinski definition) is 6. The molecular weight excluding hydrogens is 532 g/mol. The molecule has 2 amide bonds. The SMILES string of the molecule is C=CCCCCOC(=O)[C@@H]1[C@H]2C(=O)N(CCCCCCO)C(C(=O)N(CC=C)Cc3ccccc3)C23CC[C@@]1(CC)O3. The molecule has 5 atom stereocenters. The van der Waals surface area contributed by atoms with Crippen LogP contribution in [0, 0.1) is 11.8 Å². The zero-order valence-corrected chi connectivity index (χ0v) is 25.2. The summed E-state index contributed by atoms with van der Waals surface area (Å²) >= 11 is 0. The van der Waals surface area contributed by atoms with E-state index >= 15 is 0 Å². The Hall–Kier alpha value is -2.97. The predicted molar refractivity (Wildman–Crippen MR) is 161 cm³/mol. The minimum absolute atomic E-state index is 0.134. The van der Waals surface area contributed by atoms with Gasteiger partial charge in [-0.1, -0.05) is 62.2 Å². The third-order valence-corrected chi connectivity index (χ3v) is 9.40. The zero-order chi connectivity index (χ0) is 30.2. The highest BCUT2D eigenvalue weighted by atomic mass is 16.6. The summed E-state index contributed by atoms with van der Waals surface area (Å²) in [6.07, 6.45) is 10.8. The van der Waals surface area contributed by atoms with Crippen LogP contribution >= 0.6 is 0 Å². The van der Waals surface area contributed by atoms with Gasteiger partial charge in [0.15, 0.2) is 0 Å². The number of ether oxygens (including phenoxy) is 2. The molecule has 4 rings (SSSR count). The second-order valence-electron chi connectivity index (χ2n) is 11.9. The minimum atomic E-state index is -1.07. The molecule has 42 heavy (non-hydrogen) atoms. The number of benzene rings is 1. The first-order valence-electron chi connectivity index (χ1n) is 15.7. The van der Waals surface area contributed by atoms with Crippen molar-refractivity contribution in [3.05, 3.63) is 61.2 Å². The van der Waals surface area contributed by atoms with Gasteiger partial charge in [-0.3, -0.25) is 14.4 Å². The van der Waals surface area contributed by atoms with E-state index in [1.807, 2.05) is 43.3 Å². The summed E-state index contributed by atoms with van der Waals surface area (Å²) in [7, 11) is 0. The number of likely N-dealkylation sites (tertiary alicyclic amines) is 1. The lowest BCUT2D eigenvalue weighted by molar-refractivity contribution is -0.162. The Morgan fingerprint density at radius 3 is 2.55 bits per heavy atom. The number of hydrogen-bond donors (Lipinski definition) is 1. The molecule has 0 radical (unpaired) electrons. The predicted octanol–water partition coefficient (Wildman–Crippen LogP) is 4.81. The van der Waals surface area contributed by atoms with Crippen molar-refractivity contribution in [3.63, 3.8) is 0 Å². The molecule has 3 fully saturated rings. The van der Waals surface area contributed by atoms with Crippen molar-refractivity contribution in [1.29, 1.82) is 0 Å². The van der Waals surface area contributed by atoms with Crippen LogP contribution in [0.2, 0.25) is 0 Å². The highest BCUT2D eigenvalue weighted by Gasteiger charge is 2.79. The number of allylic oxidation sites excluding steroid dienone is 1. The number of carbonyl (C=O) groups is 3. The van der Waals surface area contributed by atoms with Gasteiger partial charge in [0, 0.05) is 26.2 Å². The number of carbonyl (C=O) groups excluding carboxylic acids is 3. The number of fused-ring (bicyclic) bond motifs is 1. The molecule has 3 heterocycles. The van der Waals surface area contributed by atoms with Crippen LogP contribution in [0.1, 0.15) is 76.7 Å². The highest BCUT2D eigenvalue weighted by Crippen LogP contribution is 2.64. The van der Waals surface area contributed by atoms with Crippen molar-refractivity contribution in [2.75, 3.05) is 26.3 Å². The molecule has 8 heteroatoms. The monoisotopic (exact) mass is 580 g/mol. The van der Waals surface area contributed by atoms with E-state index in [0.29, 0.717) is 51.7 Å². The van der Waals surface area contributed by atoms with Gasteiger partial charge in [0.2, 0.25) is 11.8 Å². The van der Waals surface area contributed by atoms with Gasteiger partial charge in [0.05, 0.1) is 18.1 Å². The van der Waals surface area contributed by atoms with Gasteiger partial charge < -0.3 is 24.4 Å². The smallest absolute Gasteiger partial charge is 0.312 e. The van der Waals surface area contributed by atoms with Crippen LogP contribution in [0.3, 0.4) is 0 Å². The number of aliphatic hydroxyl groups excluding tert-OH is 1. The summed E-state index contributed by atoms with van der Waals surface area (Å²) in [6, 6.07) is 8.96. The summed E-state index contributed by atoms with van der Waals surface area (Å²) in [5.41, 5.74) is -0.897. The molecule has 0 aromatic heterocycles. The highest BCUT2D eigenvalue weighted by molar-refractivity contribution is 5.98. The van der Waals surface area contributed by atoms with Crippen LogP contribution in [0.15, 0.2) is 55.6 Å². The van der Waals surface area contributed by atoms with E-state index in [0.717, 1.165) is 37.7 Å². The quantitative estimate of drug-likeness (QED) is 0.152. The normalized spacial score (nSPS) is 27.6. The third kappa shape index (κ3) is 6.20. The van der Waals surface area contributed by atoms with Crippen LogP contribution in [0.25, 0.3) is 0 Å². The molecule has 2 unspecified atom stereocenters. The zero-order valence-electron chi connectivity index (χ0n) is 25.2. The lowest BCUT2D eigenvalue weighted by Crippen LogP contribution is -2.56. The van der Waals surface area contributed by atoms with Crippen LogP contribution in [-0.2, 0) is 30.4 Å². The van der Waals surface area contributed by atoms with Crippen LogP contribution in [-0.4, -0.2) is 76.2 Å². The molecule has 8 nitrogen and oxygen atoms in total. The maximum atomic E-state index is 14.5. The van der Waals surface area contributed by atoms with E-state index in [9.17, 15) is 19.5 Å². The largest absolute Gasteiger partial charge is 0.465 e. The minimum Gasteiger partial charge on any atom is -0.465 e. The van der Waals surface area contributed by atoms with Crippen molar-refractivity contribution >= 4 is 17.8 Å². The Bertz CT molecular complexity index is 1110. The van der Waals surface area contributed by atoms with E-state index in [1.54, 1.807) is 15.9 Å².